The number of hydrogen-bond donors (Lipinski definition) is 1. The summed E-state index contributed by atoms with van der Waals surface area (Å²) in [6.45, 7) is 1.25. The molecule has 1 atom stereocenters. The van der Waals surface area contributed by atoms with Gasteiger partial charge in [0.2, 0.25) is 0 Å². The van der Waals surface area contributed by atoms with Crippen molar-refractivity contribution >= 4 is 27.5 Å². The summed E-state index contributed by atoms with van der Waals surface area (Å²) in [7, 11) is 0. The monoisotopic (exact) mass is 368 g/mol. The maximum absolute atomic E-state index is 10.6. The summed E-state index contributed by atoms with van der Waals surface area (Å²) in [5.41, 5.74) is 1.51. The Hall–Kier alpha value is -1.23. The first-order valence-corrected chi connectivity index (χ1v) is 7.85. The van der Waals surface area contributed by atoms with Crippen LogP contribution in [0.3, 0.4) is 0 Å². The highest BCUT2D eigenvalue weighted by Gasteiger charge is 2.19. The van der Waals surface area contributed by atoms with Gasteiger partial charge in [0.05, 0.1) is 13.2 Å². The molecule has 1 N–H and O–H groups in total. The van der Waals surface area contributed by atoms with Gasteiger partial charge < -0.3 is 14.6 Å². The van der Waals surface area contributed by atoms with Gasteiger partial charge in [0.25, 0.3) is 0 Å². The maximum Gasteiger partial charge on any atom is 0.162 e. The van der Waals surface area contributed by atoms with Crippen LogP contribution in [0.5, 0.6) is 11.5 Å². The number of benzene rings is 2. The van der Waals surface area contributed by atoms with Crippen LogP contribution in [0.2, 0.25) is 5.02 Å². The molecule has 110 valence electrons. The van der Waals surface area contributed by atoms with E-state index in [1.165, 1.54) is 0 Å². The van der Waals surface area contributed by atoms with Gasteiger partial charge in [-0.1, -0.05) is 39.7 Å². The van der Waals surface area contributed by atoms with Crippen LogP contribution in [0, 0.1) is 0 Å². The zero-order chi connectivity index (χ0) is 14.8. The van der Waals surface area contributed by atoms with E-state index >= 15 is 0 Å². The van der Waals surface area contributed by atoms with Crippen LogP contribution in [0.25, 0.3) is 0 Å². The first kappa shape index (κ1) is 14.7. The van der Waals surface area contributed by atoms with Gasteiger partial charge in [-0.05, 0) is 29.8 Å². The Morgan fingerprint density at radius 2 is 1.67 bits per heavy atom. The molecule has 3 nitrogen and oxygen atoms in total. The van der Waals surface area contributed by atoms with Crippen LogP contribution in [-0.4, -0.2) is 18.3 Å². The van der Waals surface area contributed by atoms with Gasteiger partial charge in [-0.25, -0.2) is 0 Å². The van der Waals surface area contributed by atoms with Crippen molar-refractivity contribution in [1.82, 2.24) is 0 Å². The van der Waals surface area contributed by atoms with Gasteiger partial charge in [0.1, 0.15) is 6.10 Å². The lowest BCUT2D eigenvalue weighted by molar-refractivity contribution is 0.218. The van der Waals surface area contributed by atoms with Gasteiger partial charge in [-0.2, -0.15) is 0 Å². The van der Waals surface area contributed by atoms with Crippen molar-refractivity contribution in [1.29, 1.82) is 0 Å². The standard InChI is InChI=1S/C16H14BrClO3/c17-13-9-15-14(20-6-1-7-21-15)8-12(13)16(19)10-2-4-11(18)5-3-10/h2-5,8-9,16,19H,1,6-7H2. The Bertz CT molecular complexity index is 643. The topological polar surface area (TPSA) is 38.7 Å². The molecule has 1 heterocycles. The van der Waals surface area contributed by atoms with Crippen molar-refractivity contribution in [2.24, 2.45) is 0 Å². The Labute approximate surface area is 136 Å². The minimum Gasteiger partial charge on any atom is -0.490 e. The number of fused-ring (bicyclic) bond motifs is 1. The average molecular weight is 370 g/mol. The molecule has 2 aromatic carbocycles. The largest absolute Gasteiger partial charge is 0.490 e. The molecule has 0 aromatic heterocycles. The molecule has 0 fully saturated rings. The Kier molecular flexibility index (Phi) is 4.38. The van der Waals surface area contributed by atoms with Crippen molar-refractivity contribution in [3.8, 4) is 11.5 Å². The second kappa shape index (κ2) is 6.26. The number of rotatable bonds is 2. The van der Waals surface area contributed by atoms with E-state index in [4.69, 9.17) is 21.1 Å². The predicted molar refractivity (Wildman–Crippen MR) is 85.3 cm³/mol. The summed E-state index contributed by atoms with van der Waals surface area (Å²) in [6.07, 6.45) is 0.0928. The Morgan fingerprint density at radius 1 is 1.05 bits per heavy atom. The average Bonchev–Trinajstić information content (AvgIpc) is 2.71. The van der Waals surface area contributed by atoms with E-state index in [1.807, 2.05) is 24.3 Å². The molecular weight excluding hydrogens is 356 g/mol. The highest BCUT2D eigenvalue weighted by atomic mass is 79.9. The molecule has 1 unspecified atom stereocenters. The summed E-state index contributed by atoms with van der Waals surface area (Å²) >= 11 is 9.37. The van der Waals surface area contributed by atoms with Crippen LogP contribution in [0.15, 0.2) is 40.9 Å². The first-order valence-electron chi connectivity index (χ1n) is 6.68. The van der Waals surface area contributed by atoms with E-state index in [0.29, 0.717) is 29.7 Å². The zero-order valence-corrected chi connectivity index (χ0v) is 13.5. The summed E-state index contributed by atoms with van der Waals surface area (Å²) < 4.78 is 12.1. The fraction of sp³-hybridized carbons (Fsp3) is 0.250. The van der Waals surface area contributed by atoms with E-state index in [-0.39, 0.29) is 0 Å². The fourth-order valence-electron chi connectivity index (χ4n) is 2.23. The molecule has 1 aliphatic heterocycles. The highest BCUT2D eigenvalue weighted by molar-refractivity contribution is 9.10. The van der Waals surface area contributed by atoms with Crippen LogP contribution >= 0.6 is 27.5 Å². The molecule has 0 amide bonds. The zero-order valence-electron chi connectivity index (χ0n) is 11.2. The second-order valence-corrected chi connectivity index (χ2v) is 6.12. The van der Waals surface area contributed by atoms with Gasteiger partial charge in [-0.15, -0.1) is 0 Å². The third-order valence-corrected chi connectivity index (χ3v) is 4.29. The lowest BCUT2D eigenvalue weighted by atomic mass is 10.0. The van der Waals surface area contributed by atoms with E-state index < -0.39 is 6.10 Å². The van der Waals surface area contributed by atoms with Crippen molar-refractivity contribution in [2.75, 3.05) is 13.2 Å². The summed E-state index contributed by atoms with van der Waals surface area (Å²) in [4.78, 5) is 0. The van der Waals surface area contributed by atoms with Crippen LogP contribution in [-0.2, 0) is 0 Å². The molecule has 0 radical (unpaired) electrons. The van der Waals surface area contributed by atoms with Crippen LogP contribution in [0.4, 0.5) is 0 Å². The fourth-order valence-corrected chi connectivity index (χ4v) is 2.90. The number of aliphatic hydroxyl groups is 1. The van der Waals surface area contributed by atoms with Crippen molar-refractivity contribution in [2.45, 2.75) is 12.5 Å². The molecule has 0 bridgehead atoms. The molecule has 5 heteroatoms. The Morgan fingerprint density at radius 3 is 2.33 bits per heavy atom. The quantitative estimate of drug-likeness (QED) is 0.855. The third kappa shape index (κ3) is 3.18. The number of hydrogen-bond acceptors (Lipinski definition) is 3. The van der Waals surface area contributed by atoms with Gasteiger partial charge in [0.15, 0.2) is 11.5 Å². The lowest BCUT2D eigenvalue weighted by Crippen LogP contribution is -2.02. The molecule has 0 saturated heterocycles. The minimum atomic E-state index is -0.756. The SMILES string of the molecule is OC(c1ccc(Cl)cc1)c1cc2c(cc1Br)OCCCO2. The van der Waals surface area contributed by atoms with Crippen LogP contribution < -0.4 is 9.47 Å². The predicted octanol–water partition coefficient (Wildman–Crippen LogP) is 4.35. The molecule has 21 heavy (non-hydrogen) atoms. The smallest absolute Gasteiger partial charge is 0.162 e. The molecular formula is C16H14BrClO3. The highest BCUT2D eigenvalue weighted by Crippen LogP contribution is 2.39. The normalized spacial score (nSPS) is 15.4. The number of ether oxygens (including phenoxy) is 2. The van der Waals surface area contributed by atoms with Gasteiger partial charge >= 0.3 is 0 Å². The maximum atomic E-state index is 10.6. The van der Waals surface area contributed by atoms with E-state index in [9.17, 15) is 5.11 Å². The summed E-state index contributed by atoms with van der Waals surface area (Å²) in [6, 6.07) is 10.8. The third-order valence-electron chi connectivity index (χ3n) is 3.35. The van der Waals surface area contributed by atoms with E-state index in [2.05, 4.69) is 15.9 Å². The molecule has 0 spiro atoms. The molecule has 2 aromatic rings. The van der Waals surface area contributed by atoms with E-state index in [0.717, 1.165) is 22.0 Å². The molecule has 0 aliphatic carbocycles. The van der Waals surface area contributed by atoms with Crippen molar-refractivity contribution < 1.29 is 14.6 Å². The summed E-state index contributed by atoms with van der Waals surface area (Å²) in [5.74, 6) is 1.37. The molecule has 1 aliphatic rings. The minimum absolute atomic E-state index is 0.616. The number of aliphatic hydroxyl groups excluding tert-OH is 1. The van der Waals surface area contributed by atoms with Crippen LogP contribution in [0.1, 0.15) is 23.7 Å². The van der Waals surface area contributed by atoms with Gasteiger partial charge in [-0.3, -0.25) is 0 Å². The Balaban J connectivity index is 1.97. The van der Waals surface area contributed by atoms with Crippen molar-refractivity contribution in [3.05, 3.63) is 57.0 Å². The second-order valence-electron chi connectivity index (χ2n) is 4.83. The molecule has 0 saturated carbocycles. The summed E-state index contributed by atoms with van der Waals surface area (Å²) in [5, 5.41) is 11.2. The first-order chi connectivity index (χ1) is 10.1. The molecule has 3 rings (SSSR count). The lowest BCUT2D eigenvalue weighted by Gasteiger charge is -2.16. The van der Waals surface area contributed by atoms with Crippen molar-refractivity contribution in [3.63, 3.8) is 0 Å². The van der Waals surface area contributed by atoms with Gasteiger partial charge in [0, 0.05) is 21.5 Å². The van der Waals surface area contributed by atoms with E-state index in [1.54, 1.807) is 12.1 Å². The number of halogens is 2.